The molecule has 3 rings (SSSR count). The second-order valence-corrected chi connectivity index (χ2v) is 6.36. The summed E-state index contributed by atoms with van der Waals surface area (Å²) in [5, 5.41) is 10.2. The highest BCUT2D eigenvalue weighted by molar-refractivity contribution is 5.79. The van der Waals surface area contributed by atoms with Crippen LogP contribution >= 0.6 is 0 Å². The Labute approximate surface area is 158 Å². The Morgan fingerprint density at radius 2 is 1.52 bits per heavy atom. The average molecular weight is 370 g/mol. The molecule has 0 saturated heterocycles. The summed E-state index contributed by atoms with van der Waals surface area (Å²) in [6.45, 7) is 0.760. The summed E-state index contributed by atoms with van der Waals surface area (Å²) in [5.74, 6) is -0.479. The molecule has 0 amide bonds. The number of benzene rings is 2. The molecule has 1 aliphatic rings. The van der Waals surface area contributed by atoms with Crippen LogP contribution in [0.1, 0.15) is 17.0 Å². The predicted octanol–water partition coefficient (Wildman–Crippen LogP) is 2.13. The van der Waals surface area contributed by atoms with Crippen LogP contribution < -0.4 is 5.73 Å². The highest BCUT2D eigenvalue weighted by Crippen LogP contribution is 2.44. The van der Waals surface area contributed by atoms with Crippen molar-refractivity contribution in [3.63, 3.8) is 0 Å². The fourth-order valence-corrected chi connectivity index (χ4v) is 3.27. The molecule has 1 radical (unpaired) electrons. The van der Waals surface area contributed by atoms with Gasteiger partial charge in [0.25, 0.3) is 0 Å². The van der Waals surface area contributed by atoms with Crippen LogP contribution in [0.5, 0.6) is 0 Å². The molecule has 0 heterocycles. The van der Waals surface area contributed by atoms with Crippen molar-refractivity contribution >= 4 is 5.97 Å². The van der Waals surface area contributed by atoms with Gasteiger partial charge < -0.3 is 19.9 Å². The molecule has 6 heteroatoms. The van der Waals surface area contributed by atoms with Crippen LogP contribution in [0.2, 0.25) is 0 Å². The van der Waals surface area contributed by atoms with Gasteiger partial charge in [0.2, 0.25) is 0 Å². The van der Waals surface area contributed by atoms with E-state index < -0.39 is 12.0 Å². The number of hydrogen-bond donors (Lipinski definition) is 1. The number of ether oxygens (including phenoxy) is 3. The molecule has 1 atom stereocenters. The summed E-state index contributed by atoms with van der Waals surface area (Å²) in [4.78, 5) is 12.2. The van der Waals surface area contributed by atoms with Crippen LogP contribution in [-0.4, -0.2) is 51.7 Å². The SMILES string of the molecule is NC(COCCOCC[O])C(=O)OCC1c2ccccc2-c2ccccc21. The second kappa shape index (κ2) is 9.62. The molecule has 1 aliphatic carbocycles. The molecule has 0 aliphatic heterocycles. The summed E-state index contributed by atoms with van der Waals surface area (Å²) >= 11 is 0. The molecule has 2 aromatic rings. The van der Waals surface area contributed by atoms with E-state index in [1.165, 1.54) is 11.1 Å². The Bertz CT molecular complexity index is 718. The average Bonchev–Trinajstić information content (AvgIpc) is 3.02. The van der Waals surface area contributed by atoms with E-state index in [2.05, 4.69) is 24.3 Å². The van der Waals surface area contributed by atoms with Gasteiger partial charge in [0.05, 0.1) is 26.4 Å². The third-order valence-corrected chi connectivity index (χ3v) is 4.55. The lowest BCUT2D eigenvalue weighted by atomic mass is 9.98. The minimum absolute atomic E-state index is 0.00922. The van der Waals surface area contributed by atoms with E-state index in [-0.39, 0.29) is 39.0 Å². The first-order chi connectivity index (χ1) is 13.2. The maximum atomic E-state index is 12.2. The van der Waals surface area contributed by atoms with E-state index in [9.17, 15) is 9.90 Å². The predicted molar refractivity (Wildman–Crippen MR) is 99.8 cm³/mol. The minimum atomic E-state index is -0.851. The van der Waals surface area contributed by atoms with Gasteiger partial charge in [0, 0.05) is 5.92 Å². The van der Waals surface area contributed by atoms with Crippen molar-refractivity contribution in [2.24, 2.45) is 5.73 Å². The summed E-state index contributed by atoms with van der Waals surface area (Å²) in [6.07, 6.45) is 0. The fourth-order valence-electron chi connectivity index (χ4n) is 3.27. The van der Waals surface area contributed by atoms with Gasteiger partial charge in [-0.15, -0.1) is 0 Å². The summed E-state index contributed by atoms with van der Waals surface area (Å²) in [7, 11) is 0. The number of hydrogen-bond acceptors (Lipinski definition) is 5. The van der Waals surface area contributed by atoms with Crippen LogP contribution in [0.3, 0.4) is 0 Å². The van der Waals surface area contributed by atoms with Crippen molar-refractivity contribution in [3.8, 4) is 11.1 Å². The van der Waals surface area contributed by atoms with Gasteiger partial charge >= 0.3 is 5.97 Å². The Morgan fingerprint density at radius 3 is 2.15 bits per heavy atom. The molecular weight excluding hydrogens is 346 g/mol. The lowest BCUT2D eigenvalue weighted by molar-refractivity contribution is -0.147. The molecule has 143 valence electrons. The molecule has 27 heavy (non-hydrogen) atoms. The number of rotatable bonds is 10. The van der Waals surface area contributed by atoms with Crippen molar-refractivity contribution in [2.75, 3.05) is 39.6 Å². The molecule has 0 bridgehead atoms. The third-order valence-electron chi connectivity index (χ3n) is 4.55. The van der Waals surface area contributed by atoms with E-state index >= 15 is 0 Å². The van der Waals surface area contributed by atoms with Gasteiger partial charge in [-0.1, -0.05) is 48.5 Å². The standard InChI is InChI=1S/C21H24NO5/c22-20(14-26-12-11-25-10-9-23)21(24)27-13-19-17-7-3-1-5-15(17)16-6-2-4-8-18(16)19/h1-8,19-20H,9-14,22H2. The Kier molecular flexibility index (Phi) is 6.95. The topological polar surface area (TPSA) is 90.7 Å². The van der Waals surface area contributed by atoms with E-state index in [0.29, 0.717) is 6.61 Å². The first-order valence-corrected chi connectivity index (χ1v) is 9.06. The van der Waals surface area contributed by atoms with Gasteiger partial charge in [0.1, 0.15) is 19.3 Å². The normalized spacial score (nSPS) is 13.9. The number of esters is 1. The number of carbonyl (C=O) groups excluding carboxylic acids is 1. The van der Waals surface area contributed by atoms with Gasteiger partial charge in [-0.2, -0.15) is 0 Å². The lowest BCUT2D eigenvalue weighted by Gasteiger charge is -2.16. The number of carbonyl (C=O) groups is 1. The fraction of sp³-hybridized carbons (Fsp3) is 0.381. The van der Waals surface area contributed by atoms with Crippen molar-refractivity contribution in [1.82, 2.24) is 0 Å². The molecule has 6 nitrogen and oxygen atoms in total. The number of nitrogens with two attached hydrogens (primary N) is 1. The quantitative estimate of drug-likeness (QED) is 0.511. The van der Waals surface area contributed by atoms with Gasteiger partial charge in [0.15, 0.2) is 0 Å². The summed E-state index contributed by atoms with van der Waals surface area (Å²) < 4.78 is 15.8. The Morgan fingerprint density at radius 1 is 0.926 bits per heavy atom. The van der Waals surface area contributed by atoms with Crippen LogP contribution in [0.25, 0.3) is 11.1 Å². The Balaban J connectivity index is 1.52. The molecule has 1 unspecified atom stereocenters. The van der Waals surface area contributed by atoms with E-state index in [1.54, 1.807) is 0 Å². The first-order valence-electron chi connectivity index (χ1n) is 9.06. The highest BCUT2D eigenvalue weighted by Gasteiger charge is 2.29. The Hall–Kier alpha value is -2.25. The zero-order valence-electron chi connectivity index (χ0n) is 15.1. The first kappa shape index (κ1) is 19.5. The van der Waals surface area contributed by atoms with Crippen LogP contribution in [-0.2, 0) is 24.1 Å². The smallest absolute Gasteiger partial charge is 0.325 e. The van der Waals surface area contributed by atoms with Gasteiger partial charge in [-0.3, -0.25) is 4.79 Å². The van der Waals surface area contributed by atoms with Crippen molar-refractivity contribution in [3.05, 3.63) is 59.7 Å². The lowest BCUT2D eigenvalue weighted by Crippen LogP contribution is -2.37. The minimum Gasteiger partial charge on any atom is -0.463 e. The van der Waals surface area contributed by atoms with E-state index in [4.69, 9.17) is 19.9 Å². The maximum Gasteiger partial charge on any atom is 0.325 e. The molecule has 2 N–H and O–H groups in total. The highest BCUT2D eigenvalue weighted by atomic mass is 16.5. The van der Waals surface area contributed by atoms with E-state index in [0.717, 1.165) is 11.1 Å². The third kappa shape index (κ3) is 4.73. The van der Waals surface area contributed by atoms with Gasteiger partial charge in [-0.25, -0.2) is 5.11 Å². The molecule has 0 saturated carbocycles. The molecule has 0 spiro atoms. The summed E-state index contributed by atoms with van der Waals surface area (Å²) in [5.41, 5.74) is 10.5. The molecule has 2 aromatic carbocycles. The zero-order valence-corrected chi connectivity index (χ0v) is 15.1. The second-order valence-electron chi connectivity index (χ2n) is 6.36. The van der Waals surface area contributed by atoms with Crippen LogP contribution in [0, 0.1) is 0 Å². The van der Waals surface area contributed by atoms with Crippen molar-refractivity contribution < 1.29 is 24.1 Å². The summed E-state index contributed by atoms with van der Waals surface area (Å²) in [6, 6.07) is 15.5. The van der Waals surface area contributed by atoms with Gasteiger partial charge in [-0.05, 0) is 22.3 Å². The van der Waals surface area contributed by atoms with Crippen molar-refractivity contribution in [1.29, 1.82) is 0 Å². The molecule has 0 fully saturated rings. The van der Waals surface area contributed by atoms with Crippen molar-refractivity contribution in [2.45, 2.75) is 12.0 Å². The maximum absolute atomic E-state index is 12.2. The monoisotopic (exact) mass is 370 g/mol. The van der Waals surface area contributed by atoms with Crippen LogP contribution in [0.4, 0.5) is 0 Å². The molecular formula is C21H24NO5. The molecule has 0 aromatic heterocycles. The largest absolute Gasteiger partial charge is 0.463 e. The van der Waals surface area contributed by atoms with E-state index in [1.807, 2.05) is 24.3 Å². The zero-order chi connectivity index (χ0) is 19.1. The van der Waals surface area contributed by atoms with Crippen LogP contribution in [0.15, 0.2) is 48.5 Å². The number of fused-ring (bicyclic) bond motifs is 3.